The highest BCUT2D eigenvalue weighted by molar-refractivity contribution is 7.90. The van der Waals surface area contributed by atoms with E-state index in [1.54, 1.807) is 44.4 Å². The minimum absolute atomic E-state index is 0.0616. The minimum Gasteiger partial charge on any atom is -0.378 e. The first-order valence-corrected chi connectivity index (χ1v) is 20.4. The standard InChI is InChI=1S/C27H26F2N4O3S.C16H11ClF2N2/c1-16-6-7-30-23(12-16)26-17(2)27(25-20(29)13-18(28)14-22(25)32-26)31-21-15-19(33-8-10-36-11-9-33)4-5-24(21)37(3,34)35;1-8-3-4-20-13(5-8)16-9(2)15(17)14-11(19)6-10(18)7-12(14)21-16/h4-7,12-15H,8-11H2,1-3H3,(H,31,32);3-7H,1-2H3. The van der Waals surface area contributed by atoms with Crippen LogP contribution < -0.4 is 10.2 Å². The maximum atomic E-state index is 15.2. The molecule has 0 unspecified atom stereocenters. The van der Waals surface area contributed by atoms with Gasteiger partial charge in [0.1, 0.15) is 23.3 Å². The Bertz CT molecular complexity index is 2860. The van der Waals surface area contributed by atoms with Crippen LogP contribution >= 0.6 is 11.6 Å². The van der Waals surface area contributed by atoms with E-state index in [1.165, 1.54) is 6.07 Å². The third-order valence-electron chi connectivity index (χ3n) is 9.73. The van der Waals surface area contributed by atoms with Crippen molar-refractivity contribution in [2.45, 2.75) is 32.6 Å². The highest BCUT2D eigenvalue weighted by Crippen LogP contribution is 2.39. The normalized spacial score (nSPS) is 13.1. The van der Waals surface area contributed by atoms with Gasteiger partial charge in [0.25, 0.3) is 0 Å². The number of sulfone groups is 1. The van der Waals surface area contributed by atoms with Crippen LogP contribution in [0.2, 0.25) is 5.02 Å². The molecule has 1 saturated heterocycles. The summed E-state index contributed by atoms with van der Waals surface area (Å²) in [6.07, 6.45) is 4.43. The summed E-state index contributed by atoms with van der Waals surface area (Å²) in [6, 6.07) is 16.3. The van der Waals surface area contributed by atoms with Crippen molar-refractivity contribution in [3.8, 4) is 22.8 Å². The highest BCUT2D eigenvalue weighted by Gasteiger charge is 2.23. The number of benzene rings is 3. The van der Waals surface area contributed by atoms with Gasteiger partial charge in [0.05, 0.1) is 79.1 Å². The second kappa shape index (κ2) is 16.3. The van der Waals surface area contributed by atoms with Crippen molar-refractivity contribution in [1.82, 2.24) is 19.9 Å². The molecule has 0 spiro atoms. The molecule has 58 heavy (non-hydrogen) atoms. The van der Waals surface area contributed by atoms with E-state index in [9.17, 15) is 21.6 Å². The van der Waals surface area contributed by atoms with Gasteiger partial charge in [-0.3, -0.25) is 9.97 Å². The largest absolute Gasteiger partial charge is 0.378 e. The van der Waals surface area contributed by atoms with Crippen molar-refractivity contribution in [2.24, 2.45) is 0 Å². The van der Waals surface area contributed by atoms with Crippen molar-refractivity contribution < 1.29 is 30.7 Å². The van der Waals surface area contributed by atoms with Crippen LogP contribution in [0.15, 0.2) is 84.0 Å². The predicted octanol–water partition coefficient (Wildman–Crippen LogP) is 10.0. The lowest BCUT2D eigenvalue weighted by molar-refractivity contribution is 0.122. The van der Waals surface area contributed by atoms with Crippen LogP contribution in [-0.4, -0.2) is 60.9 Å². The molecule has 8 rings (SSSR count). The maximum Gasteiger partial charge on any atom is 0.177 e. The maximum absolute atomic E-state index is 15.2. The summed E-state index contributed by atoms with van der Waals surface area (Å²) in [7, 11) is -3.64. The van der Waals surface area contributed by atoms with Gasteiger partial charge in [-0.1, -0.05) is 11.6 Å². The molecular weight excluding hydrogens is 792 g/mol. The number of hydrogen-bond acceptors (Lipinski definition) is 9. The van der Waals surface area contributed by atoms with Crippen LogP contribution in [0.1, 0.15) is 22.3 Å². The van der Waals surface area contributed by atoms with Gasteiger partial charge >= 0.3 is 0 Å². The number of morpholine rings is 1. The molecule has 0 saturated carbocycles. The van der Waals surface area contributed by atoms with Crippen LogP contribution in [0.4, 0.5) is 34.6 Å². The molecule has 0 radical (unpaired) electrons. The molecule has 15 heteroatoms. The highest BCUT2D eigenvalue weighted by atomic mass is 35.5. The fraction of sp³-hybridized carbons (Fsp3) is 0.209. The summed E-state index contributed by atoms with van der Waals surface area (Å²) in [6.45, 7) is 9.79. The summed E-state index contributed by atoms with van der Waals surface area (Å²) in [4.78, 5) is 19.7. The van der Waals surface area contributed by atoms with Gasteiger partial charge in [-0.25, -0.2) is 35.9 Å². The van der Waals surface area contributed by atoms with E-state index in [1.807, 2.05) is 38.1 Å². The number of ether oxygens (including phenoxy) is 1. The number of hydrogen-bond donors (Lipinski definition) is 1. The molecule has 1 aliphatic rings. The fourth-order valence-electron chi connectivity index (χ4n) is 6.85. The van der Waals surface area contributed by atoms with E-state index in [4.69, 9.17) is 16.3 Å². The number of fused-ring (bicyclic) bond motifs is 2. The molecule has 4 aromatic heterocycles. The van der Waals surface area contributed by atoms with Crippen molar-refractivity contribution in [1.29, 1.82) is 0 Å². The molecule has 1 N–H and O–H groups in total. The number of pyridine rings is 4. The van der Waals surface area contributed by atoms with E-state index in [2.05, 4.69) is 30.2 Å². The van der Waals surface area contributed by atoms with Crippen molar-refractivity contribution in [3.63, 3.8) is 0 Å². The molecular formula is C43H37ClF4N6O3S. The molecule has 7 aromatic rings. The molecule has 1 fully saturated rings. The molecule has 3 aromatic carbocycles. The summed E-state index contributed by atoms with van der Waals surface area (Å²) in [5, 5.41) is 3.61. The molecule has 298 valence electrons. The quantitative estimate of drug-likeness (QED) is 0.164. The van der Waals surface area contributed by atoms with E-state index < -0.39 is 33.1 Å². The van der Waals surface area contributed by atoms with E-state index in [0.29, 0.717) is 65.9 Å². The average Bonchev–Trinajstić information content (AvgIpc) is 3.17. The Hall–Kier alpha value is -5.70. The molecule has 0 aliphatic carbocycles. The second-order valence-electron chi connectivity index (χ2n) is 14.0. The van der Waals surface area contributed by atoms with E-state index >= 15 is 4.39 Å². The number of aromatic nitrogens is 4. The Morgan fingerprint density at radius 2 is 1.24 bits per heavy atom. The number of anilines is 3. The van der Waals surface area contributed by atoms with Gasteiger partial charge < -0.3 is 15.0 Å². The smallest absolute Gasteiger partial charge is 0.177 e. The predicted molar refractivity (Wildman–Crippen MR) is 220 cm³/mol. The van der Waals surface area contributed by atoms with Crippen molar-refractivity contribution >= 4 is 60.3 Å². The third-order valence-corrected chi connectivity index (χ3v) is 11.4. The number of aryl methyl sites for hydroxylation is 2. The van der Waals surface area contributed by atoms with Crippen LogP contribution in [0.3, 0.4) is 0 Å². The molecule has 0 atom stereocenters. The second-order valence-corrected chi connectivity index (χ2v) is 16.4. The number of nitrogens with one attached hydrogen (secondary N) is 1. The van der Waals surface area contributed by atoms with Gasteiger partial charge in [-0.15, -0.1) is 0 Å². The Kier molecular flexibility index (Phi) is 11.4. The number of halogens is 5. The zero-order chi connectivity index (χ0) is 41.5. The Morgan fingerprint density at radius 3 is 1.79 bits per heavy atom. The van der Waals surface area contributed by atoms with Crippen LogP contribution in [-0.2, 0) is 14.6 Å². The summed E-state index contributed by atoms with van der Waals surface area (Å²) in [5.41, 5.74) is 6.93. The lowest BCUT2D eigenvalue weighted by Crippen LogP contribution is -2.36. The molecule has 9 nitrogen and oxygen atoms in total. The minimum atomic E-state index is -3.64. The summed E-state index contributed by atoms with van der Waals surface area (Å²) >= 11 is 6.25. The number of nitrogens with zero attached hydrogens (tertiary/aromatic N) is 5. The van der Waals surface area contributed by atoms with Crippen LogP contribution in [0.25, 0.3) is 44.6 Å². The van der Waals surface area contributed by atoms with Crippen molar-refractivity contribution in [3.05, 3.63) is 130 Å². The lowest BCUT2D eigenvalue weighted by atomic mass is 10.0. The van der Waals surface area contributed by atoms with Gasteiger partial charge in [-0.2, -0.15) is 0 Å². The zero-order valence-corrected chi connectivity index (χ0v) is 33.7. The van der Waals surface area contributed by atoms with Crippen molar-refractivity contribution in [2.75, 3.05) is 42.8 Å². The first-order chi connectivity index (χ1) is 27.6. The van der Waals surface area contributed by atoms with Crippen LogP contribution in [0.5, 0.6) is 0 Å². The van der Waals surface area contributed by atoms with E-state index in [-0.39, 0.29) is 37.4 Å². The molecule has 0 amide bonds. The first-order valence-electron chi connectivity index (χ1n) is 18.1. The average molecular weight is 829 g/mol. The number of rotatable bonds is 6. The fourth-order valence-corrected chi connectivity index (χ4v) is 7.95. The third kappa shape index (κ3) is 8.31. The Labute approximate surface area is 337 Å². The lowest BCUT2D eigenvalue weighted by Gasteiger charge is -2.29. The summed E-state index contributed by atoms with van der Waals surface area (Å²) in [5.74, 6) is -2.96. The first kappa shape index (κ1) is 40.5. The zero-order valence-electron chi connectivity index (χ0n) is 32.1. The van der Waals surface area contributed by atoms with Gasteiger partial charge in [0.15, 0.2) is 9.84 Å². The Morgan fingerprint density at radius 1 is 0.707 bits per heavy atom. The van der Waals surface area contributed by atoms with E-state index in [0.717, 1.165) is 41.3 Å². The monoisotopic (exact) mass is 828 g/mol. The Balaban J connectivity index is 0.000000206. The summed E-state index contributed by atoms with van der Waals surface area (Å²) < 4.78 is 87.6. The van der Waals surface area contributed by atoms with Gasteiger partial charge in [-0.05, 0) is 86.8 Å². The SMILES string of the molecule is Cc1ccnc(-c2nc3cc(F)cc(F)c3c(Cl)c2C)c1.Cc1ccnc(-c2nc3cc(F)cc(F)c3c(Nc3cc(N4CCOCC4)ccc3S(C)(=O)=O)c2C)c1. The van der Waals surface area contributed by atoms with Gasteiger partial charge in [0.2, 0.25) is 0 Å². The van der Waals surface area contributed by atoms with Gasteiger partial charge in [0, 0.05) is 67.3 Å². The molecule has 0 bridgehead atoms. The molecule has 5 heterocycles. The van der Waals surface area contributed by atoms with Crippen LogP contribution in [0, 0.1) is 51.0 Å². The molecule has 1 aliphatic heterocycles. The topological polar surface area (TPSA) is 110 Å².